The third-order valence-corrected chi connectivity index (χ3v) is 2.33. The molecule has 1 atom stereocenters. The Bertz CT molecular complexity index is 335. The maximum absolute atomic E-state index is 12.0. The highest BCUT2D eigenvalue weighted by atomic mass is 32.3. The van der Waals surface area contributed by atoms with E-state index in [-0.39, 0.29) is 0 Å². The van der Waals surface area contributed by atoms with E-state index in [1.165, 1.54) is 13.8 Å². The summed E-state index contributed by atoms with van der Waals surface area (Å²) in [6, 6.07) is 0. The molecule has 0 spiro atoms. The van der Waals surface area contributed by atoms with Gasteiger partial charge in [0.15, 0.2) is 0 Å². The Morgan fingerprint density at radius 2 is 1.87 bits per heavy atom. The van der Waals surface area contributed by atoms with Gasteiger partial charge in [0.25, 0.3) is 0 Å². The van der Waals surface area contributed by atoms with Crippen LogP contribution in [0.4, 0.5) is 8.39 Å². The summed E-state index contributed by atoms with van der Waals surface area (Å²) in [4.78, 5) is 0. The Balaban J connectivity index is 4.37. The molecular formula is C5H11F2O6PS. The normalized spacial score (nSPS) is 15.6. The fraction of sp³-hybridized carbons (Fsp3) is 1.00. The molecule has 0 aromatic carbocycles. The molecule has 92 valence electrons. The van der Waals surface area contributed by atoms with E-state index < -0.39 is 37.0 Å². The van der Waals surface area contributed by atoms with Crippen molar-refractivity contribution in [3.63, 3.8) is 0 Å². The molecule has 1 unspecified atom stereocenters. The van der Waals surface area contributed by atoms with Crippen LogP contribution >= 0.6 is 7.99 Å². The van der Waals surface area contributed by atoms with Gasteiger partial charge in [-0.15, -0.1) is 8.39 Å². The van der Waals surface area contributed by atoms with Crippen molar-refractivity contribution in [1.29, 1.82) is 0 Å². The van der Waals surface area contributed by atoms with Gasteiger partial charge in [-0.2, -0.15) is 8.42 Å². The van der Waals surface area contributed by atoms with Gasteiger partial charge in [0.1, 0.15) is 0 Å². The molecule has 0 aromatic heterocycles. The molecule has 15 heavy (non-hydrogen) atoms. The monoisotopic (exact) mass is 268 g/mol. The number of hydrogen-bond acceptors (Lipinski definition) is 5. The minimum absolute atomic E-state index is 0.549. The Hall–Kier alpha value is -0.0800. The summed E-state index contributed by atoms with van der Waals surface area (Å²) in [5, 5.41) is 0. The van der Waals surface area contributed by atoms with Crippen LogP contribution < -0.4 is 0 Å². The van der Waals surface area contributed by atoms with Gasteiger partial charge in [-0.25, -0.2) is 8.75 Å². The highest BCUT2D eigenvalue weighted by Gasteiger charge is 2.30. The summed E-state index contributed by atoms with van der Waals surface area (Å²) in [5.74, 6) is -0.549. The van der Waals surface area contributed by atoms with E-state index in [0.29, 0.717) is 0 Å². The Morgan fingerprint density at radius 1 is 1.40 bits per heavy atom. The van der Waals surface area contributed by atoms with Crippen LogP contribution in [0.5, 0.6) is 0 Å². The molecule has 0 rings (SSSR count). The molecule has 0 saturated carbocycles. The molecule has 6 nitrogen and oxygen atoms in total. The zero-order valence-electron chi connectivity index (χ0n) is 7.96. The summed E-state index contributed by atoms with van der Waals surface area (Å²) < 4.78 is 70.2. The van der Waals surface area contributed by atoms with Crippen molar-refractivity contribution < 1.29 is 34.6 Å². The lowest BCUT2D eigenvalue weighted by Crippen LogP contribution is -2.25. The molecule has 0 fully saturated rings. The summed E-state index contributed by atoms with van der Waals surface area (Å²) in [5.41, 5.74) is 0. The van der Waals surface area contributed by atoms with Crippen LogP contribution in [-0.2, 0) is 23.7 Å². The van der Waals surface area contributed by atoms with E-state index in [9.17, 15) is 21.4 Å². The maximum atomic E-state index is 12.0. The van der Waals surface area contributed by atoms with Crippen LogP contribution in [0.2, 0.25) is 0 Å². The summed E-state index contributed by atoms with van der Waals surface area (Å²) >= 11 is 0. The Morgan fingerprint density at radius 3 is 2.13 bits per heavy atom. The quantitative estimate of drug-likeness (QED) is 0.584. The molecule has 1 N–H and O–H groups in total. The molecule has 0 bridgehead atoms. The fourth-order valence-electron chi connectivity index (χ4n) is 0.655. The van der Waals surface area contributed by atoms with E-state index in [1.54, 1.807) is 0 Å². The smallest absolute Gasteiger partial charge is 0.274 e. The van der Waals surface area contributed by atoms with Crippen LogP contribution in [0, 0.1) is 5.92 Å². The first kappa shape index (κ1) is 14.9. The van der Waals surface area contributed by atoms with Gasteiger partial charge in [-0.1, -0.05) is 13.8 Å². The second-order valence-electron chi connectivity index (χ2n) is 3.01. The van der Waals surface area contributed by atoms with Crippen molar-refractivity contribution in [2.75, 3.05) is 6.61 Å². The second kappa shape index (κ2) is 5.31. The predicted octanol–water partition coefficient (Wildman–Crippen LogP) is 1.89. The minimum Gasteiger partial charge on any atom is -0.274 e. The van der Waals surface area contributed by atoms with E-state index >= 15 is 0 Å². The summed E-state index contributed by atoms with van der Waals surface area (Å²) in [6.07, 6.45) is -1.38. The van der Waals surface area contributed by atoms with E-state index in [1.807, 2.05) is 0 Å². The van der Waals surface area contributed by atoms with Crippen molar-refractivity contribution >= 4 is 18.4 Å². The lowest BCUT2D eigenvalue weighted by Gasteiger charge is -2.18. The van der Waals surface area contributed by atoms with Gasteiger partial charge in [-0.05, 0) is 5.92 Å². The molecule has 0 aliphatic heterocycles. The van der Waals surface area contributed by atoms with Crippen molar-refractivity contribution in [3.05, 3.63) is 0 Å². The molecule has 0 heterocycles. The molecular weight excluding hydrogens is 257 g/mol. The van der Waals surface area contributed by atoms with Crippen LogP contribution in [0.25, 0.3) is 0 Å². The molecule has 0 amide bonds. The van der Waals surface area contributed by atoms with Gasteiger partial charge < -0.3 is 0 Å². The third-order valence-electron chi connectivity index (χ3n) is 1.38. The summed E-state index contributed by atoms with van der Waals surface area (Å²) in [6.45, 7) is 2.05. The molecule has 0 saturated heterocycles. The zero-order valence-corrected chi connectivity index (χ0v) is 9.67. The molecule has 0 aromatic rings. The largest absolute Gasteiger partial charge is 0.552 e. The van der Waals surface area contributed by atoms with Crippen LogP contribution in [0.1, 0.15) is 13.8 Å². The fourth-order valence-corrected chi connectivity index (χ4v) is 1.58. The van der Waals surface area contributed by atoms with Crippen molar-refractivity contribution in [1.82, 2.24) is 0 Å². The standard InChI is InChI=1S/C5H11F2O6PS/c1-4(2)5(13-14(6,7)8)3-12-15(9,10)11/h4-5H,3H2,1-2H3,(H,9,10,11). The molecule has 0 aliphatic carbocycles. The van der Waals surface area contributed by atoms with Gasteiger partial charge in [0.2, 0.25) is 0 Å². The van der Waals surface area contributed by atoms with Crippen molar-refractivity contribution in [2.45, 2.75) is 20.0 Å². The first-order valence-electron chi connectivity index (χ1n) is 3.81. The topological polar surface area (TPSA) is 89.9 Å². The van der Waals surface area contributed by atoms with Crippen molar-refractivity contribution in [2.24, 2.45) is 5.92 Å². The maximum Gasteiger partial charge on any atom is 0.552 e. The van der Waals surface area contributed by atoms with Crippen LogP contribution in [-0.4, -0.2) is 25.7 Å². The van der Waals surface area contributed by atoms with E-state index in [4.69, 9.17) is 4.55 Å². The SMILES string of the molecule is CC(C)C(COS(=O)(=O)O)OP(=O)(F)F. The van der Waals surface area contributed by atoms with Gasteiger partial charge in [0, 0.05) is 0 Å². The van der Waals surface area contributed by atoms with E-state index in [2.05, 4.69) is 8.71 Å². The van der Waals surface area contributed by atoms with Crippen LogP contribution in [0.15, 0.2) is 0 Å². The molecule has 0 radical (unpaired) electrons. The second-order valence-corrected chi connectivity index (χ2v) is 5.15. The van der Waals surface area contributed by atoms with Gasteiger partial charge in [-0.3, -0.25) is 9.08 Å². The molecule has 10 heteroatoms. The third kappa shape index (κ3) is 8.88. The Labute approximate surface area is 86.2 Å². The number of rotatable bonds is 6. The number of halogens is 2. The van der Waals surface area contributed by atoms with Gasteiger partial charge in [0.05, 0.1) is 12.7 Å². The zero-order chi connectivity index (χ0) is 12.3. The first-order valence-corrected chi connectivity index (χ1v) is 6.58. The van der Waals surface area contributed by atoms with Crippen LogP contribution in [0.3, 0.4) is 0 Å². The van der Waals surface area contributed by atoms with Crippen molar-refractivity contribution in [3.8, 4) is 0 Å². The van der Waals surface area contributed by atoms with Gasteiger partial charge >= 0.3 is 18.4 Å². The Kier molecular flexibility index (Phi) is 5.28. The summed E-state index contributed by atoms with van der Waals surface area (Å²) in [7, 11) is -10.4. The molecule has 0 aliphatic rings. The number of hydrogen-bond donors (Lipinski definition) is 1. The predicted molar refractivity (Wildman–Crippen MR) is 47.0 cm³/mol. The first-order chi connectivity index (χ1) is 6.51. The lowest BCUT2D eigenvalue weighted by atomic mass is 10.1. The van der Waals surface area contributed by atoms with E-state index in [0.717, 1.165) is 0 Å². The highest BCUT2D eigenvalue weighted by molar-refractivity contribution is 7.80. The average molecular weight is 268 g/mol. The highest BCUT2D eigenvalue weighted by Crippen LogP contribution is 2.52. The minimum atomic E-state index is -5.71. The average Bonchev–Trinajstić information content (AvgIpc) is 1.93. The lowest BCUT2D eigenvalue weighted by molar-refractivity contribution is 0.0738.